The monoisotopic (exact) mass is 457 g/mol. The van der Waals surface area contributed by atoms with Gasteiger partial charge in [0.2, 0.25) is 5.76 Å². The van der Waals surface area contributed by atoms with Gasteiger partial charge in [0.05, 0.1) is 12.7 Å². The van der Waals surface area contributed by atoms with Crippen molar-refractivity contribution < 1.29 is 18.8 Å². The number of carbonyl (C=O) groups excluding carboxylic acids is 2. The van der Waals surface area contributed by atoms with Crippen LogP contribution >= 0.6 is 0 Å². The molecule has 172 valence electrons. The molecule has 2 aromatic carbocycles. The molecule has 0 fully saturated rings. The van der Waals surface area contributed by atoms with E-state index in [2.05, 4.69) is 15.5 Å². The maximum absolute atomic E-state index is 13.1. The Morgan fingerprint density at radius 3 is 2.53 bits per heavy atom. The molecule has 1 atom stereocenters. The second-order valence-corrected chi connectivity index (χ2v) is 7.78. The van der Waals surface area contributed by atoms with Crippen LogP contribution in [0.25, 0.3) is 0 Å². The van der Waals surface area contributed by atoms with Gasteiger partial charge in [0.1, 0.15) is 29.9 Å². The zero-order valence-corrected chi connectivity index (χ0v) is 18.3. The molecule has 5 rings (SSSR count). The molecule has 0 spiro atoms. The highest BCUT2D eigenvalue weighted by molar-refractivity contribution is 5.93. The lowest BCUT2D eigenvalue weighted by Crippen LogP contribution is -2.42. The number of imidazole rings is 1. The lowest BCUT2D eigenvalue weighted by atomic mass is 10.0. The van der Waals surface area contributed by atoms with Crippen molar-refractivity contribution in [1.82, 2.24) is 24.9 Å². The molecule has 34 heavy (non-hydrogen) atoms. The summed E-state index contributed by atoms with van der Waals surface area (Å²) in [4.78, 5) is 32.3. The molecule has 0 saturated carbocycles. The number of fused-ring (bicyclic) bond motifs is 1. The van der Waals surface area contributed by atoms with Crippen LogP contribution in [-0.2, 0) is 6.54 Å². The van der Waals surface area contributed by atoms with Crippen LogP contribution in [0.2, 0.25) is 0 Å². The Bertz CT molecular complexity index is 1260. The van der Waals surface area contributed by atoms with E-state index in [0.29, 0.717) is 37.8 Å². The van der Waals surface area contributed by atoms with Crippen LogP contribution in [0.15, 0.2) is 83.6 Å². The number of para-hydroxylation sites is 1. The first-order valence-electron chi connectivity index (χ1n) is 11.0. The number of nitrogens with zero attached hydrogens (tertiary/aromatic N) is 4. The fourth-order valence-corrected chi connectivity index (χ4v) is 4.01. The van der Waals surface area contributed by atoms with Crippen LogP contribution in [0.3, 0.4) is 0 Å². The summed E-state index contributed by atoms with van der Waals surface area (Å²) >= 11 is 0. The van der Waals surface area contributed by atoms with Gasteiger partial charge in [0.15, 0.2) is 0 Å². The molecule has 2 amide bonds. The number of amides is 2. The van der Waals surface area contributed by atoms with Gasteiger partial charge in [0.25, 0.3) is 11.8 Å². The maximum atomic E-state index is 13.1. The summed E-state index contributed by atoms with van der Waals surface area (Å²) in [7, 11) is 0. The summed E-state index contributed by atoms with van der Waals surface area (Å²) in [5, 5.41) is 6.50. The van der Waals surface area contributed by atoms with Crippen LogP contribution in [0.4, 0.5) is 0 Å². The standard InChI is InChI=1S/C25H23N5O4/c31-24(26-13-16-33-19-9-5-2-6-10-19)20-17-29-14-15-30(25(32)21-11-12-27-34-21)22(23(29)28-20)18-7-3-1-4-8-18/h1-12,17,22H,13-16H2,(H,26,31). The molecule has 0 bridgehead atoms. The van der Waals surface area contributed by atoms with Gasteiger partial charge >= 0.3 is 0 Å². The topological polar surface area (TPSA) is 102 Å². The fourth-order valence-electron chi connectivity index (χ4n) is 4.01. The van der Waals surface area contributed by atoms with Gasteiger partial charge in [0, 0.05) is 25.4 Å². The number of carbonyl (C=O) groups is 2. The minimum Gasteiger partial charge on any atom is -0.492 e. The molecule has 1 aliphatic heterocycles. The van der Waals surface area contributed by atoms with E-state index in [4.69, 9.17) is 9.26 Å². The predicted octanol–water partition coefficient (Wildman–Crippen LogP) is 2.93. The second kappa shape index (κ2) is 9.62. The van der Waals surface area contributed by atoms with Crippen molar-refractivity contribution in [3.05, 3.63) is 102 Å². The molecule has 3 heterocycles. The van der Waals surface area contributed by atoms with Gasteiger partial charge in [-0.25, -0.2) is 4.98 Å². The summed E-state index contributed by atoms with van der Waals surface area (Å²) < 4.78 is 12.7. The molecule has 9 heteroatoms. The average molecular weight is 457 g/mol. The van der Waals surface area contributed by atoms with Crippen molar-refractivity contribution in [1.29, 1.82) is 0 Å². The first kappa shape index (κ1) is 21.4. The van der Waals surface area contributed by atoms with Crippen molar-refractivity contribution in [2.75, 3.05) is 19.7 Å². The Labute approximate surface area is 196 Å². The van der Waals surface area contributed by atoms with Crippen LogP contribution in [-0.4, -0.2) is 51.1 Å². The van der Waals surface area contributed by atoms with Gasteiger partial charge in [-0.05, 0) is 17.7 Å². The fraction of sp³-hybridized carbons (Fsp3) is 0.200. The predicted molar refractivity (Wildman–Crippen MR) is 122 cm³/mol. The molecule has 0 saturated heterocycles. The third-order valence-electron chi connectivity index (χ3n) is 5.60. The molecule has 0 radical (unpaired) electrons. The molecular formula is C25H23N5O4. The SMILES string of the molecule is O=C(NCCOc1ccccc1)c1cn2c(n1)C(c1ccccc1)N(C(=O)c1ccno1)CC2. The molecule has 1 unspecified atom stereocenters. The largest absolute Gasteiger partial charge is 0.492 e. The van der Waals surface area contributed by atoms with Crippen LogP contribution in [0, 0.1) is 0 Å². The maximum Gasteiger partial charge on any atom is 0.293 e. The third-order valence-corrected chi connectivity index (χ3v) is 5.60. The van der Waals surface area contributed by atoms with Crippen LogP contribution in [0.5, 0.6) is 5.75 Å². The van der Waals surface area contributed by atoms with Crippen LogP contribution < -0.4 is 10.1 Å². The van der Waals surface area contributed by atoms with E-state index in [1.165, 1.54) is 6.20 Å². The summed E-state index contributed by atoms with van der Waals surface area (Å²) in [6.07, 6.45) is 3.18. The van der Waals surface area contributed by atoms with Gasteiger partial charge in [-0.2, -0.15) is 0 Å². The van der Waals surface area contributed by atoms with E-state index in [1.807, 2.05) is 65.2 Å². The molecule has 1 N–H and O–H groups in total. The zero-order chi connectivity index (χ0) is 23.3. The van der Waals surface area contributed by atoms with E-state index in [0.717, 1.165) is 11.3 Å². The van der Waals surface area contributed by atoms with Crippen molar-refractivity contribution in [2.45, 2.75) is 12.6 Å². The van der Waals surface area contributed by atoms with Gasteiger partial charge < -0.3 is 24.0 Å². The number of ether oxygens (including phenoxy) is 1. The number of nitrogens with one attached hydrogen (secondary N) is 1. The summed E-state index contributed by atoms with van der Waals surface area (Å²) in [6.45, 7) is 1.63. The lowest BCUT2D eigenvalue weighted by Gasteiger charge is -2.35. The average Bonchev–Trinajstić information content (AvgIpc) is 3.57. The van der Waals surface area contributed by atoms with E-state index >= 15 is 0 Å². The zero-order valence-electron chi connectivity index (χ0n) is 18.3. The lowest BCUT2D eigenvalue weighted by molar-refractivity contribution is 0.0616. The van der Waals surface area contributed by atoms with Crippen molar-refractivity contribution in [3.8, 4) is 5.75 Å². The van der Waals surface area contributed by atoms with Gasteiger partial charge in [-0.3, -0.25) is 9.59 Å². The summed E-state index contributed by atoms with van der Waals surface area (Å²) in [5.41, 5.74) is 1.19. The van der Waals surface area contributed by atoms with Gasteiger partial charge in [-0.15, -0.1) is 0 Å². The Morgan fingerprint density at radius 2 is 1.79 bits per heavy atom. The second-order valence-electron chi connectivity index (χ2n) is 7.78. The Balaban J connectivity index is 1.34. The van der Waals surface area contributed by atoms with Crippen molar-refractivity contribution >= 4 is 11.8 Å². The Morgan fingerprint density at radius 1 is 1.03 bits per heavy atom. The Kier molecular flexibility index (Phi) is 6.07. The molecule has 1 aliphatic rings. The Hall–Kier alpha value is -4.40. The highest BCUT2D eigenvalue weighted by Gasteiger charge is 2.36. The quantitative estimate of drug-likeness (QED) is 0.428. The smallest absolute Gasteiger partial charge is 0.293 e. The van der Waals surface area contributed by atoms with E-state index in [1.54, 1.807) is 17.2 Å². The first-order valence-corrected chi connectivity index (χ1v) is 11.0. The van der Waals surface area contributed by atoms with Crippen molar-refractivity contribution in [3.63, 3.8) is 0 Å². The highest BCUT2D eigenvalue weighted by Crippen LogP contribution is 2.32. The number of aromatic nitrogens is 3. The molecule has 2 aromatic heterocycles. The highest BCUT2D eigenvalue weighted by atomic mass is 16.5. The van der Waals surface area contributed by atoms with Crippen molar-refractivity contribution in [2.24, 2.45) is 0 Å². The number of hydrogen-bond donors (Lipinski definition) is 1. The number of rotatable bonds is 7. The number of hydrogen-bond acceptors (Lipinski definition) is 6. The molecule has 9 nitrogen and oxygen atoms in total. The third kappa shape index (κ3) is 4.40. The van der Waals surface area contributed by atoms with E-state index in [-0.39, 0.29) is 17.6 Å². The minimum atomic E-state index is -0.462. The number of benzene rings is 2. The molecule has 0 aliphatic carbocycles. The summed E-state index contributed by atoms with van der Waals surface area (Å²) in [6, 6.07) is 20.1. The normalized spacial score (nSPS) is 14.9. The molecular weight excluding hydrogens is 434 g/mol. The first-order chi connectivity index (χ1) is 16.7. The van der Waals surface area contributed by atoms with E-state index in [9.17, 15) is 9.59 Å². The van der Waals surface area contributed by atoms with Crippen LogP contribution in [0.1, 0.15) is 38.5 Å². The molecule has 4 aromatic rings. The minimum absolute atomic E-state index is 0.164. The van der Waals surface area contributed by atoms with Gasteiger partial charge in [-0.1, -0.05) is 53.7 Å². The summed E-state index contributed by atoms with van der Waals surface area (Å²) in [5.74, 6) is 0.966. The van der Waals surface area contributed by atoms with E-state index < -0.39 is 6.04 Å².